The molecule has 1 aliphatic rings. The minimum atomic E-state index is -0.954. The summed E-state index contributed by atoms with van der Waals surface area (Å²) in [5.74, 6) is -0.282. The Morgan fingerprint density at radius 2 is 2.00 bits per heavy atom. The summed E-state index contributed by atoms with van der Waals surface area (Å²) in [6.07, 6.45) is 2.64. The second kappa shape index (κ2) is 6.71. The molecule has 0 atom stereocenters. The number of carboxylic acid groups (broad SMARTS) is 1. The molecule has 23 heavy (non-hydrogen) atoms. The molecule has 0 bridgehead atoms. The third-order valence-corrected chi connectivity index (χ3v) is 3.98. The smallest absolute Gasteiger partial charge is 0.335 e. The highest BCUT2D eigenvalue weighted by Gasteiger charge is 2.17. The molecule has 0 aromatic heterocycles. The van der Waals surface area contributed by atoms with E-state index in [1.54, 1.807) is 18.2 Å². The topological polar surface area (TPSA) is 46.5 Å². The van der Waals surface area contributed by atoms with Crippen molar-refractivity contribution in [3.63, 3.8) is 0 Å². The highest BCUT2D eigenvalue weighted by Crippen LogP contribution is 2.33. The Bertz CT molecular complexity index is 792. The van der Waals surface area contributed by atoms with Gasteiger partial charge in [0.25, 0.3) is 0 Å². The summed E-state index contributed by atoms with van der Waals surface area (Å²) in [5.41, 5.74) is 5.51. The molecule has 0 radical (unpaired) electrons. The number of hydrogen-bond donors (Lipinski definition) is 1. The fourth-order valence-corrected chi connectivity index (χ4v) is 2.70. The van der Waals surface area contributed by atoms with E-state index < -0.39 is 5.97 Å². The first-order valence-corrected chi connectivity index (χ1v) is 7.65. The largest absolute Gasteiger partial charge is 0.488 e. The second-order valence-electron chi connectivity index (χ2n) is 5.32. The van der Waals surface area contributed by atoms with Crippen LogP contribution in [-0.2, 0) is 6.42 Å². The van der Waals surface area contributed by atoms with Crippen LogP contribution in [0.2, 0.25) is 0 Å². The molecule has 0 saturated heterocycles. The minimum absolute atomic E-state index is 0.240. The second-order valence-corrected chi connectivity index (χ2v) is 5.54. The molecule has 1 N–H and O–H groups in total. The van der Waals surface area contributed by atoms with Crippen LogP contribution in [0.25, 0.3) is 5.57 Å². The molecule has 0 saturated carbocycles. The van der Waals surface area contributed by atoms with Crippen molar-refractivity contribution < 1.29 is 14.6 Å². The van der Waals surface area contributed by atoms with E-state index in [0.717, 1.165) is 22.3 Å². The quantitative estimate of drug-likeness (QED) is 0.901. The Morgan fingerprint density at radius 3 is 2.70 bits per heavy atom. The zero-order valence-corrected chi connectivity index (χ0v) is 13.1. The van der Waals surface area contributed by atoms with Gasteiger partial charge >= 0.3 is 5.97 Å². The standard InChI is InChI=1S/C19H15ClO3/c20-11-14-9-16(8-13-4-2-1-3-5-13)17-10-15(19(21)22)6-7-18(17)23-12-14/h1-7,9-11H,8,12H2,(H,21,22)/b14-11-. The van der Waals surface area contributed by atoms with E-state index in [4.69, 9.17) is 16.3 Å². The molecule has 4 heteroatoms. The van der Waals surface area contributed by atoms with Gasteiger partial charge < -0.3 is 9.84 Å². The summed E-state index contributed by atoms with van der Waals surface area (Å²) in [7, 11) is 0. The van der Waals surface area contributed by atoms with Crippen molar-refractivity contribution in [2.75, 3.05) is 6.61 Å². The molecule has 2 aromatic rings. The maximum atomic E-state index is 11.3. The number of carboxylic acids is 1. The van der Waals surface area contributed by atoms with Crippen molar-refractivity contribution in [3.05, 3.63) is 82.4 Å². The van der Waals surface area contributed by atoms with Gasteiger partial charge in [-0.1, -0.05) is 48.0 Å². The van der Waals surface area contributed by atoms with Crippen LogP contribution in [0, 0.1) is 0 Å². The lowest BCUT2D eigenvalue weighted by Gasteiger charge is -2.12. The van der Waals surface area contributed by atoms with Crippen molar-refractivity contribution in [1.29, 1.82) is 0 Å². The van der Waals surface area contributed by atoms with E-state index in [2.05, 4.69) is 0 Å². The fourth-order valence-electron chi connectivity index (χ4n) is 2.57. The van der Waals surface area contributed by atoms with E-state index in [9.17, 15) is 9.90 Å². The Hall–Kier alpha value is -2.52. The van der Waals surface area contributed by atoms with Crippen LogP contribution in [0.15, 0.2) is 65.7 Å². The van der Waals surface area contributed by atoms with Gasteiger partial charge in [-0.15, -0.1) is 0 Å². The number of aromatic carboxylic acids is 1. The average Bonchev–Trinajstić information content (AvgIpc) is 2.75. The van der Waals surface area contributed by atoms with Gasteiger partial charge in [-0.3, -0.25) is 0 Å². The summed E-state index contributed by atoms with van der Waals surface area (Å²) >= 11 is 5.87. The van der Waals surface area contributed by atoms with Crippen LogP contribution in [-0.4, -0.2) is 17.7 Å². The monoisotopic (exact) mass is 326 g/mol. The van der Waals surface area contributed by atoms with Crippen molar-refractivity contribution >= 4 is 23.1 Å². The van der Waals surface area contributed by atoms with Crippen molar-refractivity contribution in [1.82, 2.24) is 0 Å². The van der Waals surface area contributed by atoms with Crippen LogP contribution >= 0.6 is 11.6 Å². The zero-order valence-electron chi connectivity index (χ0n) is 12.3. The van der Waals surface area contributed by atoms with Gasteiger partial charge in [0.15, 0.2) is 0 Å². The van der Waals surface area contributed by atoms with Crippen LogP contribution in [0.5, 0.6) is 5.75 Å². The lowest BCUT2D eigenvalue weighted by molar-refractivity contribution is 0.0697. The molecule has 0 amide bonds. The van der Waals surface area contributed by atoms with Gasteiger partial charge in [0.1, 0.15) is 12.4 Å². The molecule has 1 aliphatic heterocycles. The average molecular weight is 327 g/mol. The number of fused-ring (bicyclic) bond motifs is 1. The number of rotatable bonds is 3. The maximum absolute atomic E-state index is 11.3. The number of allylic oxidation sites excluding steroid dienone is 1. The molecule has 3 nitrogen and oxygen atoms in total. The summed E-state index contributed by atoms with van der Waals surface area (Å²) in [6, 6.07) is 14.9. The highest BCUT2D eigenvalue weighted by atomic mass is 35.5. The normalized spacial score (nSPS) is 15.3. The van der Waals surface area contributed by atoms with Crippen LogP contribution < -0.4 is 4.74 Å². The zero-order chi connectivity index (χ0) is 16.2. The number of hydrogen-bond acceptors (Lipinski definition) is 2. The molecular weight excluding hydrogens is 312 g/mol. The molecular formula is C19H15ClO3. The number of benzene rings is 2. The van der Waals surface area contributed by atoms with E-state index >= 15 is 0 Å². The maximum Gasteiger partial charge on any atom is 0.335 e. The third kappa shape index (κ3) is 3.46. The molecule has 1 heterocycles. The van der Waals surface area contributed by atoms with Crippen LogP contribution in [0.1, 0.15) is 21.5 Å². The Labute approximate surface area is 139 Å². The molecule has 0 unspecified atom stereocenters. The first-order valence-electron chi connectivity index (χ1n) is 7.21. The lowest BCUT2D eigenvalue weighted by atomic mass is 9.95. The number of halogens is 1. The Morgan fingerprint density at radius 1 is 1.22 bits per heavy atom. The fraction of sp³-hybridized carbons (Fsp3) is 0.105. The Balaban J connectivity index is 2.08. The Kier molecular flexibility index (Phi) is 4.49. The molecule has 0 fully saturated rings. The third-order valence-electron chi connectivity index (χ3n) is 3.70. The lowest BCUT2D eigenvalue weighted by Crippen LogP contribution is -2.01. The predicted molar refractivity (Wildman–Crippen MR) is 91.0 cm³/mol. The molecule has 116 valence electrons. The summed E-state index contributed by atoms with van der Waals surface area (Å²) in [5, 5.41) is 9.24. The number of ether oxygens (including phenoxy) is 1. The van der Waals surface area contributed by atoms with Crippen molar-refractivity contribution in [2.45, 2.75) is 6.42 Å². The summed E-state index contributed by atoms with van der Waals surface area (Å²) in [6.45, 7) is 0.362. The van der Waals surface area contributed by atoms with Crippen LogP contribution in [0.3, 0.4) is 0 Å². The highest BCUT2D eigenvalue weighted by molar-refractivity contribution is 6.26. The first kappa shape index (κ1) is 15.4. The van der Waals surface area contributed by atoms with Crippen molar-refractivity contribution in [3.8, 4) is 5.75 Å². The van der Waals surface area contributed by atoms with Gasteiger partial charge in [0.05, 0.1) is 5.56 Å². The predicted octanol–water partition coefficient (Wildman–Crippen LogP) is 4.53. The van der Waals surface area contributed by atoms with Gasteiger partial charge in [-0.05, 0) is 35.8 Å². The summed E-state index contributed by atoms with van der Waals surface area (Å²) in [4.78, 5) is 11.3. The number of carbonyl (C=O) groups is 1. The summed E-state index contributed by atoms with van der Waals surface area (Å²) < 4.78 is 5.76. The van der Waals surface area contributed by atoms with E-state index in [1.165, 1.54) is 5.54 Å². The van der Waals surface area contributed by atoms with Gasteiger partial charge in [-0.2, -0.15) is 0 Å². The molecule has 0 spiro atoms. The van der Waals surface area contributed by atoms with Gasteiger partial charge in [0, 0.05) is 16.7 Å². The molecule has 0 aliphatic carbocycles. The van der Waals surface area contributed by atoms with E-state index in [1.807, 2.05) is 36.4 Å². The molecule has 2 aromatic carbocycles. The van der Waals surface area contributed by atoms with Gasteiger partial charge in [-0.25, -0.2) is 4.79 Å². The van der Waals surface area contributed by atoms with Crippen LogP contribution in [0.4, 0.5) is 0 Å². The minimum Gasteiger partial charge on any atom is -0.488 e. The van der Waals surface area contributed by atoms with Crippen molar-refractivity contribution in [2.24, 2.45) is 0 Å². The molecule has 3 rings (SSSR count). The van der Waals surface area contributed by atoms with E-state index in [0.29, 0.717) is 18.8 Å². The SMILES string of the molecule is O=C(O)c1ccc2c(c1)C(Cc1ccccc1)=C/C(=C/Cl)CO2. The first-order chi connectivity index (χ1) is 11.2. The van der Waals surface area contributed by atoms with E-state index in [-0.39, 0.29) is 5.56 Å². The van der Waals surface area contributed by atoms with Gasteiger partial charge in [0.2, 0.25) is 0 Å².